The highest BCUT2D eigenvalue weighted by Gasteiger charge is 2.31. The van der Waals surface area contributed by atoms with Gasteiger partial charge in [0.2, 0.25) is 0 Å². The summed E-state index contributed by atoms with van der Waals surface area (Å²) < 4.78 is 8.56. The highest BCUT2D eigenvalue weighted by atomic mass is 16.5. The van der Waals surface area contributed by atoms with Crippen LogP contribution >= 0.6 is 0 Å². The summed E-state index contributed by atoms with van der Waals surface area (Å²) in [5.74, 6) is 1.69. The molecule has 194 valence electrons. The average molecular weight is 491 g/mol. The number of anilines is 1. The van der Waals surface area contributed by atoms with Gasteiger partial charge in [0.15, 0.2) is 0 Å². The fourth-order valence-corrected chi connectivity index (χ4v) is 5.70. The summed E-state index contributed by atoms with van der Waals surface area (Å²) in [6, 6.07) is 11.2. The summed E-state index contributed by atoms with van der Waals surface area (Å²) in [6.07, 6.45) is 4.46. The molecule has 36 heavy (non-hydrogen) atoms. The largest absolute Gasteiger partial charge is 0.372 e. The average Bonchev–Trinajstić information content (AvgIpc) is 3.47. The minimum Gasteiger partial charge on any atom is -0.372 e. The van der Waals surface area contributed by atoms with Crippen molar-refractivity contribution < 1.29 is 4.74 Å². The topological polar surface area (TPSA) is 49.1 Å². The first kappa shape index (κ1) is 25.2. The maximum absolute atomic E-state index is 6.20. The molecule has 0 aromatic carbocycles. The number of likely N-dealkylation sites (N-methyl/N-ethyl adjacent to an activating group) is 1. The zero-order chi connectivity index (χ0) is 25.2. The van der Waals surface area contributed by atoms with Gasteiger partial charge in [0.1, 0.15) is 11.5 Å². The number of ether oxygens (including phenoxy) is 1. The van der Waals surface area contributed by atoms with Crippen LogP contribution in [-0.2, 0) is 17.9 Å². The molecule has 3 aromatic heterocycles. The lowest BCUT2D eigenvalue weighted by Gasteiger charge is -2.34. The first-order valence-electron chi connectivity index (χ1n) is 13.7. The Kier molecular flexibility index (Phi) is 7.60. The van der Waals surface area contributed by atoms with Crippen LogP contribution in [0.4, 0.5) is 5.82 Å². The van der Waals surface area contributed by atoms with Crippen molar-refractivity contribution in [2.24, 2.45) is 0 Å². The van der Waals surface area contributed by atoms with Crippen LogP contribution in [0.2, 0.25) is 0 Å². The molecule has 5 rings (SSSR count). The first-order valence-corrected chi connectivity index (χ1v) is 13.7. The number of pyridine rings is 2. The molecule has 0 N–H and O–H groups in total. The predicted molar refractivity (Wildman–Crippen MR) is 146 cm³/mol. The third-order valence-electron chi connectivity index (χ3n) is 7.71. The maximum atomic E-state index is 6.20. The summed E-state index contributed by atoms with van der Waals surface area (Å²) >= 11 is 0. The van der Waals surface area contributed by atoms with Crippen molar-refractivity contribution in [2.45, 2.75) is 71.8 Å². The van der Waals surface area contributed by atoms with Crippen LogP contribution < -0.4 is 4.90 Å². The van der Waals surface area contributed by atoms with Crippen LogP contribution in [-0.4, -0.2) is 70.0 Å². The van der Waals surface area contributed by atoms with Gasteiger partial charge in [-0.3, -0.25) is 14.3 Å². The molecule has 1 unspecified atom stereocenters. The van der Waals surface area contributed by atoms with Gasteiger partial charge in [0, 0.05) is 38.9 Å². The minimum atomic E-state index is 0.167. The standard InChI is InChI=1S/C29H42N6O/c1-21(2)23-9-7-13-30-29(23)25-10-8-14-34(25)19-24-26(20-36-22(3)4)35-27(31-24)11-6-12-28(35)33-17-15-32(5)16-18-33/h6-7,9,11-13,21-22,25H,8,10,14-20H2,1-5H3. The lowest BCUT2D eigenvalue weighted by atomic mass is 9.96. The van der Waals surface area contributed by atoms with E-state index in [0.29, 0.717) is 18.6 Å². The summed E-state index contributed by atoms with van der Waals surface area (Å²) in [5.41, 5.74) is 5.94. The summed E-state index contributed by atoms with van der Waals surface area (Å²) in [7, 11) is 2.20. The van der Waals surface area contributed by atoms with E-state index in [2.05, 4.69) is 84.2 Å². The van der Waals surface area contributed by atoms with Crippen molar-refractivity contribution in [1.29, 1.82) is 0 Å². The van der Waals surface area contributed by atoms with Crippen molar-refractivity contribution in [1.82, 2.24) is 24.2 Å². The van der Waals surface area contributed by atoms with Gasteiger partial charge in [-0.1, -0.05) is 26.0 Å². The van der Waals surface area contributed by atoms with Gasteiger partial charge in [0.25, 0.3) is 0 Å². The Morgan fingerprint density at radius 3 is 2.56 bits per heavy atom. The second kappa shape index (κ2) is 10.9. The zero-order valence-electron chi connectivity index (χ0n) is 22.7. The minimum absolute atomic E-state index is 0.167. The number of fused-ring (bicyclic) bond motifs is 1. The first-order chi connectivity index (χ1) is 17.4. The van der Waals surface area contributed by atoms with Gasteiger partial charge in [-0.25, -0.2) is 4.98 Å². The Morgan fingerprint density at radius 1 is 1.00 bits per heavy atom. The van der Waals surface area contributed by atoms with Gasteiger partial charge >= 0.3 is 0 Å². The van der Waals surface area contributed by atoms with E-state index >= 15 is 0 Å². The molecule has 0 amide bonds. The molecule has 3 aromatic rings. The molecule has 2 saturated heterocycles. The molecule has 5 heterocycles. The van der Waals surface area contributed by atoms with E-state index in [-0.39, 0.29) is 6.10 Å². The molecule has 0 spiro atoms. The number of imidazole rings is 1. The van der Waals surface area contributed by atoms with Gasteiger partial charge < -0.3 is 14.5 Å². The lowest BCUT2D eigenvalue weighted by Crippen LogP contribution is -2.45. The van der Waals surface area contributed by atoms with Gasteiger partial charge in [-0.15, -0.1) is 0 Å². The molecule has 1 atom stereocenters. The summed E-state index contributed by atoms with van der Waals surface area (Å²) in [4.78, 5) is 17.6. The molecule has 2 fully saturated rings. The molecule has 0 bridgehead atoms. The predicted octanol–water partition coefficient (Wildman–Crippen LogP) is 4.87. The van der Waals surface area contributed by atoms with Crippen LogP contribution in [0, 0.1) is 0 Å². The molecular weight excluding hydrogens is 448 g/mol. The number of likely N-dealkylation sites (tertiary alicyclic amines) is 1. The summed E-state index contributed by atoms with van der Waals surface area (Å²) in [5, 5.41) is 0. The number of hydrogen-bond acceptors (Lipinski definition) is 6. The molecular formula is C29H42N6O. The van der Waals surface area contributed by atoms with Crippen LogP contribution in [0.3, 0.4) is 0 Å². The van der Waals surface area contributed by atoms with Crippen molar-refractivity contribution >= 4 is 11.5 Å². The quantitative estimate of drug-likeness (QED) is 0.449. The SMILES string of the molecule is CC(C)OCc1c(CN2CCCC2c2ncccc2C(C)C)nc2cccc(N3CCN(C)CC3)n12. The van der Waals surface area contributed by atoms with Crippen molar-refractivity contribution in [3.05, 3.63) is 59.2 Å². The number of piperazine rings is 1. The van der Waals surface area contributed by atoms with Gasteiger partial charge in [-0.2, -0.15) is 0 Å². The second-order valence-corrected chi connectivity index (χ2v) is 11.0. The van der Waals surface area contributed by atoms with Gasteiger partial charge in [0.05, 0.1) is 35.8 Å². The van der Waals surface area contributed by atoms with E-state index in [9.17, 15) is 0 Å². The number of aromatic nitrogens is 3. The molecule has 7 heteroatoms. The third kappa shape index (κ3) is 5.15. The third-order valence-corrected chi connectivity index (χ3v) is 7.71. The highest BCUT2D eigenvalue weighted by Crippen LogP contribution is 2.36. The Labute approximate surface area is 216 Å². The van der Waals surface area contributed by atoms with Gasteiger partial charge in [-0.05, 0) is 70.0 Å². The van der Waals surface area contributed by atoms with Crippen LogP contribution in [0.25, 0.3) is 5.65 Å². The van der Waals surface area contributed by atoms with Crippen LogP contribution in [0.1, 0.15) is 75.1 Å². The Bertz CT molecular complexity index is 1160. The lowest BCUT2D eigenvalue weighted by molar-refractivity contribution is 0.0622. The fourth-order valence-electron chi connectivity index (χ4n) is 5.70. The molecule has 0 radical (unpaired) electrons. The molecule has 7 nitrogen and oxygen atoms in total. The second-order valence-electron chi connectivity index (χ2n) is 11.0. The van der Waals surface area contributed by atoms with Crippen LogP contribution in [0.5, 0.6) is 0 Å². The molecule has 0 saturated carbocycles. The fraction of sp³-hybridized carbons (Fsp3) is 0.586. The van der Waals surface area contributed by atoms with Crippen molar-refractivity contribution in [3.63, 3.8) is 0 Å². The van der Waals surface area contributed by atoms with E-state index in [4.69, 9.17) is 14.7 Å². The molecule has 0 aliphatic carbocycles. The molecule has 2 aliphatic heterocycles. The molecule has 2 aliphatic rings. The highest BCUT2D eigenvalue weighted by molar-refractivity contribution is 5.55. The number of rotatable bonds is 8. The van der Waals surface area contributed by atoms with Crippen molar-refractivity contribution in [3.8, 4) is 0 Å². The van der Waals surface area contributed by atoms with E-state index < -0.39 is 0 Å². The van der Waals surface area contributed by atoms with E-state index in [1.54, 1.807) is 0 Å². The summed E-state index contributed by atoms with van der Waals surface area (Å²) in [6.45, 7) is 15.4. The number of hydrogen-bond donors (Lipinski definition) is 0. The zero-order valence-corrected chi connectivity index (χ0v) is 22.7. The van der Waals surface area contributed by atoms with Crippen molar-refractivity contribution in [2.75, 3.05) is 44.7 Å². The van der Waals surface area contributed by atoms with E-state index in [1.165, 1.54) is 29.2 Å². The van der Waals surface area contributed by atoms with Crippen LogP contribution in [0.15, 0.2) is 36.5 Å². The smallest absolute Gasteiger partial charge is 0.138 e. The Morgan fingerprint density at radius 2 is 1.81 bits per heavy atom. The number of nitrogens with zero attached hydrogens (tertiary/aromatic N) is 6. The van der Waals surface area contributed by atoms with E-state index in [1.807, 2.05) is 6.20 Å². The normalized spacial score (nSPS) is 19.9. The van der Waals surface area contributed by atoms with E-state index in [0.717, 1.165) is 57.0 Å². The monoisotopic (exact) mass is 490 g/mol. The Balaban J connectivity index is 1.51. The maximum Gasteiger partial charge on any atom is 0.138 e. The Hall–Kier alpha value is -2.48.